The van der Waals surface area contributed by atoms with Gasteiger partial charge in [-0.2, -0.15) is 0 Å². The van der Waals surface area contributed by atoms with E-state index in [4.69, 9.17) is 9.47 Å². The molecule has 0 spiro atoms. The minimum absolute atomic E-state index is 0.0133. The molecule has 0 saturated heterocycles. The van der Waals surface area contributed by atoms with Gasteiger partial charge in [0.1, 0.15) is 17.1 Å². The van der Waals surface area contributed by atoms with Gasteiger partial charge in [-0.15, -0.1) is 13.2 Å². The zero-order chi connectivity index (χ0) is 22.3. The Kier molecular flexibility index (Phi) is 6.71. The van der Waals surface area contributed by atoms with Crippen LogP contribution in [0.4, 0.5) is 18.9 Å². The number of benzene rings is 2. The minimum atomic E-state index is -4.81. The largest absolute Gasteiger partial charge is 0.573 e. The molecule has 0 saturated carbocycles. The second-order valence-electron chi connectivity index (χ2n) is 5.97. The normalized spacial score (nSPS) is 10.8. The van der Waals surface area contributed by atoms with Crippen LogP contribution in [0.1, 0.15) is 10.4 Å². The van der Waals surface area contributed by atoms with Crippen LogP contribution in [-0.4, -0.2) is 29.8 Å². The van der Waals surface area contributed by atoms with Gasteiger partial charge in [0.2, 0.25) is 5.88 Å². The SMILES string of the molecule is O=C(COC(=O)c1cccnc1Oc1ccccc1)Nc1ccc(OC(F)(F)F)cc1. The summed E-state index contributed by atoms with van der Waals surface area (Å²) in [6, 6.07) is 16.1. The number of amides is 1. The Morgan fingerprint density at radius 3 is 2.29 bits per heavy atom. The number of alkyl halides is 3. The summed E-state index contributed by atoms with van der Waals surface area (Å²) in [5.74, 6) is -1.47. The Morgan fingerprint density at radius 1 is 0.903 bits per heavy atom. The lowest BCUT2D eigenvalue weighted by Crippen LogP contribution is -2.21. The van der Waals surface area contributed by atoms with Crippen molar-refractivity contribution in [3.05, 3.63) is 78.5 Å². The number of hydrogen-bond acceptors (Lipinski definition) is 6. The van der Waals surface area contributed by atoms with E-state index < -0.39 is 30.6 Å². The van der Waals surface area contributed by atoms with Crippen LogP contribution in [0.5, 0.6) is 17.4 Å². The number of nitrogens with zero attached hydrogens (tertiary/aromatic N) is 1. The monoisotopic (exact) mass is 432 g/mol. The lowest BCUT2D eigenvalue weighted by atomic mass is 10.2. The fourth-order valence-electron chi connectivity index (χ4n) is 2.37. The quantitative estimate of drug-likeness (QED) is 0.551. The van der Waals surface area contributed by atoms with Crippen molar-refractivity contribution in [3.63, 3.8) is 0 Å². The van der Waals surface area contributed by atoms with Crippen molar-refractivity contribution in [2.24, 2.45) is 0 Å². The van der Waals surface area contributed by atoms with Crippen molar-refractivity contribution in [2.75, 3.05) is 11.9 Å². The Morgan fingerprint density at radius 2 is 1.61 bits per heavy atom. The summed E-state index contributed by atoms with van der Waals surface area (Å²) in [6.45, 7) is -0.626. The fraction of sp³-hybridized carbons (Fsp3) is 0.0952. The topological polar surface area (TPSA) is 86.8 Å². The number of aromatic nitrogens is 1. The number of halogens is 3. The average Bonchev–Trinajstić information content (AvgIpc) is 2.73. The van der Waals surface area contributed by atoms with Gasteiger partial charge in [0, 0.05) is 11.9 Å². The third kappa shape index (κ3) is 6.74. The molecule has 1 amide bonds. The molecule has 0 fully saturated rings. The average molecular weight is 432 g/mol. The molecule has 0 bridgehead atoms. The molecular formula is C21H15F3N2O5. The molecule has 10 heteroatoms. The predicted octanol–water partition coefficient (Wildman–Crippen LogP) is 4.57. The maximum absolute atomic E-state index is 12.3. The number of rotatable bonds is 7. The molecular weight excluding hydrogens is 417 g/mol. The number of carbonyl (C=O) groups excluding carboxylic acids is 2. The van der Waals surface area contributed by atoms with E-state index in [0.29, 0.717) is 5.75 Å². The summed E-state index contributed by atoms with van der Waals surface area (Å²) in [6.07, 6.45) is -3.37. The van der Waals surface area contributed by atoms with Gasteiger partial charge >= 0.3 is 12.3 Å². The van der Waals surface area contributed by atoms with Gasteiger partial charge in [-0.05, 0) is 48.5 Å². The molecule has 160 valence electrons. The van der Waals surface area contributed by atoms with E-state index in [0.717, 1.165) is 12.1 Å². The minimum Gasteiger partial charge on any atom is -0.452 e. The second-order valence-corrected chi connectivity index (χ2v) is 5.97. The molecule has 0 unspecified atom stereocenters. The number of hydrogen-bond donors (Lipinski definition) is 1. The van der Waals surface area contributed by atoms with Crippen LogP contribution in [0.3, 0.4) is 0 Å². The van der Waals surface area contributed by atoms with Gasteiger partial charge in [0.25, 0.3) is 5.91 Å². The van der Waals surface area contributed by atoms with Crippen molar-refractivity contribution < 1.29 is 37.0 Å². The summed E-state index contributed by atoms with van der Waals surface area (Å²) in [7, 11) is 0. The highest BCUT2D eigenvalue weighted by Gasteiger charge is 2.31. The van der Waals surface area contributed by atoms with Crippen LogP contribution in [0.25, 0.3) is 0 Å². The Hall–Kier alpha value is -4.08. The summed E-state index contributed by atoms with van der Waals surface area (Å²) in [5.41, 5.74) is 0.220. The summed E-state index contributed by atoms with van der Waals surface area (Å²) in [5, 5.41) is 2.39. The van der Waals surface area contributed by atoms with Crippen molar-refractivity contribution in [3.8, 4) is 17.4 Å². The van der Waals surface area contributed by atoms with Gasteiger partial charge in [-0.1, -0.05) is 18.2 Å². The van der Waals surface area contributed by atoms with Crippen LogP contribution < -0.4 is 14.8 Å². The van der Waals surface area contributed by atoms with E-state index in [1.165, 1.54) is 30.5 Å². The Bertz CT molecular complexity index is 1040. The Labute approximate surface area is 174 Å². The van der Waals surface area contributed by atoms with Crippen LogP contribution in [-0.2, 0) is 9.53 Å². The van der Waals surface area contributed by atoms with Crippen LogP contribution in [0.2, 0.25) is 0 Å². The third-order valence-corrected chi connectivity index (χ3v) is 3.65. The molecule has 1 N–H and O–H groups in total. The van der Waals surface area contributed by atoms with E-state index in [2.05, 4.69) is 15.0 Å². The van der Waals surface area contributed by atoms with E-state index in [1.807, 2.05) is 0 Å². The number of pyridine rings is 1. The maximum atomic E-state index is 12.3. The first-order valence-corrected chi connectivity index (χ1v) is 8.81. The van der Waals surface area contributed by atoms with E-state index in [9.17, 15) is 22.8 Å². The summed E-state index contributed by atoms with van der Waals surface area (Å²) in [4.78, 5) is 28.3. The first-order valence-electron chi connectivity index (χ1n) is 8.81. The number of para-hydroxylation sites is 1. The lowest BCUT2D eigenvalue weighted by molar-refractivity contribution is -0.274. The van der Waals surface area contributed by atoms with Crippen LogP contribution in [0, 0.1) is 0 Å². The second kappa shape index (κ2) is 9.61. The molecule has 0 aliphatic carbocycles. The number of carbonyl (C=O) groups is 2. The van der Waals surface area contributed by atoms with Crippen molar-refractivity contribution in [1.82, 2.24) is 4.98 Å². The summed E-state index contributed by atoms with van der Waals surface area (Å²) < 4.78 is 50.8. The Balaban J connectivity index is 1.55. The smallest absolute Gasteiger partial charge is 0.452 e. The molecule has 0 radical (unpaired) electrons. The molecule has 3 aromatic rings. The highest BCUT2D eigenvalue weighted by Crippen LogP contribution is 2.25. The molecule has 1 heterocycles. The van der Waals surface area contributed by atoms with Crippen molar-refractivity contribution in [1.29, 1.82) is 0 Å². The molecule has 0 aliphatic heterocycles. The number of anilines is 1. The molecule has 0 atom stereocenters. The standard InChI is InChI=1S/C21H15F3N2O5/c22-21(23,24)31-16-10-8-14(9-11-16)26-18(27)13-29-20(28)17-7-4-12-25-19(17)30-15-5-2-1-3-6-15/h1-12H,13H2,(H,26,27). The fourth-order valence-corrected chi connectivity index (χ4v) is 2.37. The van der Waals surface area contributed by atoms with Gasteiger partial charge in [0.05, 0.1) is 0 Å². The lowest BCUT2D eigenvalue weighted by Gasteiger charge is -2.11. The molecule has 1 aromatic heterocycles. The van der Waals surface area contributed by atoms with E-state index in [-0.39, 0.29) is 17.1 Å². The molecule has 0 aliphatic rings. The van der Waals surface area contributed by atoms with Gasteiger partial charge < -0.3 is 19.5 Å². The molecule has 7 nitrogen and oxygen atoms in total. The maximum Gasteiger partial charge on any atom is 0.573 e. The van der Waals surface area contributed by atoms with E-state index >= 15 is 0 Å². The third-order valence-electron chi connectivity index (χ3n) is 3.65. The summed E-state index contributed by atoms with van der Waals surface area (Å²) >= 11 is 0. The van der Waals surface area contributed by atoms with Gasteiger partial charge in [-0.25, -0.2) is 9.78 Å². The number of ether oxygens (including phenoxy) is 3. The van der Waals surface area contributed by atoms with E-state index in [1.54, 1.807) is 30.3 Å². The first kappa shape index (κ1) is 21.6. The van der Waals surface area contributed by atoms with Crippen LogP contribution in [0.15, 0.2) is 72.9 Å². The highest BCUT2D eigenvalue weighted by molar-refractivity contribution is 5.96. The van der Waals surface area contributed by atoms with Gasteiger partial charge in [-0.3, -0.25) is 4.79 Å². The first-order chi connectivity index (χ1) is 14.8. The highest BCUT2D eigenvalue weighted by atomic mass is 19.4. The zero-order valence-corrected chi connectivity index (χ0v) is 15.8. The van der Waals surface area contributed by atoms with Gasteiger partial charge in [0.15, 0.2) is 6.61 Å². The predicted molar refractivity (Wildman–Crippen MR) is 103 cm³/mol. The van der Waals surface area contributed by atoms with Crippen LogP contribution >= 0.6 is 0 Å². The molecule has 3 rings (SSSR count). The van der Waals surface area contributed by atoms with Crippen molar-refractivity contribution >= 4 is 17.6 Å². The molecule has 31 heavy (non-hydrogen) atoms. The zero-order valence-electron chi connectivity index (χ0n) is 15.8. The number of nitrogens with one attached hydrogen (secondary N) is 1. The molecule has 2 aromatic carbocycles. The van der Waals surface area contributed by atoms with Crippen molar-refractivity contribution in [2.45, 2.75) is 6.36 Å². The number of esters is 1.